The van der Waals surface area contributed by atoms with Crippen molar-refractivity contribution in [2.24, 2.45) is 5.92 Å². The fourth-order valence-electron chi connectivity index (χ4n) is 4.60. The van der Waals surface area contributed by atoms with E-state index in [9.17, 15) is 19.5 Å². The van der Waals surface area contributed by atoms with Crippen LogP contribution in [0.25, 0.3) is 0 Å². The van der Waals surface area contributed by atoms with Crippen LogP contribution in [-0.2, 0) is 4.74 Å². The third kappa shape index (κ3) is 11.0. The molecule has 4 N–H and O–H groups in total. The standard InChI is InChI=1S/C30H51N5O6/c1-19(2)31-29(38)33-24-12-13-26-25(15-24)28(37)35(22(6)18-36)16-21(5)27(17-34(8)30(39)32-20(3)4)40-14-10-9-11-23(7)41-26/h12-13,15,19-23,27,36H,9-11,14,16-18H2,1-8H3,(H,32,39)(H2,31,33,38)/t21-,22+,23+,27-/m0/s1. The van der Waals surface area contributed by atoms with Gasteiger partial charge >= 0.3 is 12.1 Å². The molecule has 0 aliphatic carbocycles. The number of urea groups is 2. The summed E-state index contributed by atoms with van der Waals surface area (Å²) >= 11 is 0. The van der Waals surface area contributed by atoms with Crippen LogP contribution in [0.1, 0.15) is 78.1 Å². The Hall–Kier alpha value is -3.05. The smallest absolute Gasteiger partial charge is 0.319 e. The minimum Gasteiger partial charge on any atom is -0.490 e. The number of anilines is 1. The number of nitrogens with one attached hydrogen (secondary N) is 3. The van der Waals surface area contributed by atoms with Crippen LogP contribution in [0.2, 0.25) is 0 Å². The first-order chi connectivity index (χ1) is 19.3. The van der Waals surface area contributed by atoms with E-state index in [2.05, 4.69) is 16.0 Å². The number of nitrogens with zero attached hydrogens (tertiary/aromatic N) is 2. The molecule has 4 atom stereocenters. The van der Waals surface area contributed by atoms with Crippen LogP contribution in [0.15, 0.2) is 18.2 Å². The number of aliphatic hydroxyl groups is 1. The van der Waals surface area contributed by atoms with Gasteiger partial charge in [-0.15, -0.1) is 0 Å². The average molecular weight is 578 g/mol. The van der Waals surface area contributed by atoms with Crippen molar-refractivity contribution in [3.05, 3.63) is 23.8 Å². The number of fused-ring (bicyclic) bond motifs is 1. The summed E-state index contributed by atoms with van der Waals surface area (Å²) in [6.07, 6.45) is 1.98. The highest BCUT2D eigenvalue weighted by molar-refractivity contribution is 5.99. The Bertz CT molecular complexity index is 1000. The normalized spacial score (nSPS) is 21.4. The van der Waals surface area contributed by atoms with Gasteiger partial charge in [-0.2, -0.15) is 0 Å². The summed E-state index contributed by atoms with van der Waals surface area (Å²) in [5, 5.41) is 18.6. The van der Waals surface area contributed by atoms with Crippen LogP contribution in [0, 0.1) is 5.92 Å². The average Bonchev–Trinajstić information content (AvgIpc) is 2.89. The lowest BCUT2D eigenvalue weighted by Gasteiger charge is -2.36. The third-order valence-electron chi connectivity index (χ3n) is 6.94. The first kappa shape index (κ1) is 34.2. The number of hydrogen-bond acceptors (Lipinski definition) is 6. The molecule has 11 nitrogen and oxygen atoms in total. The highest BCUT2D eigenvalue weighted by Gasteiger charge is 2.31. The lowest BCUT2D eigenvalue weighted by atomic mass is 10.0. The van der Waals surface area contributed by atoms with Crippen molar-refractivity contribution in [2.75, 3.05) is 38.7 Å². The lowest BCUT2D eigenvalue weighted by Crippen LogP contribution is -2.49. The number of likely N-dealkylation sites (N-methyl/N-ethyl adjacent to an activating group) is 1. The molecule has 0 radical (unpaired) electrons. The van der Waals surface area contributed by atoms with Crippen molar-refractivity contribution in [1.29, 1.82) is 0 Å². The fraction of sp³-hybridized carbons (Fsp3) is 0.700. The molecule has 0 unspecified atom stereocenters. The van der Waals surface area contributed by atoms with Crippen LogP contribution in [0.3, 0.4) is 0 Å². The molecule has 0 saturated carbocycles. The first-order valence-electron chi connectivity index (χ1n) is 14.8. The van der Waals surface area contributed by atoms with Gasteiger partial charge in [0.15, 0.2) is 0 Å². The highest BCUT2D eigenvalue weighted by atomic mass is 16.5. The van der Waals surface area contributed by atoms with Gasteiger partial charge in [0.05, 0.1) is 30.4 Å². The molecule has 0 fully saturated rings. The Morgan fingerprint density at radius 3 is 2.41 bits per heavy atom. The van der Waals surface area contributed by atoms with E-state index in [1.165, 1.54) is 0 Å². The molecule has 1 heterocycles. The number of benzene rings is 1. The van der Waals surface area contributed by atoms with Gasteiger partial charge in [0.25, 0.3) is 5.91 Å². The van der Waals surface area contributed by atoms with E-state index in [0.29, 0.717) is 30.2 Å². The molecule has 41 heavy (non-hydrogen) atoms. The van der Waals surface area contributed by atoms with Gasteiger partial charge in [0.1, 0.15) is 5.75 Å². The van der Waals surface area contributed by atoms with Gasteiger partial charge in [-0.1, -0.05) is 6.92 Å². The molecule has 11 heteroatoms. The van der Waals surface area contributed by atoms with E-state index in [-0.39, 0.29) is 61.3 Å². The van der Waals surface area contributed by atoms with Crippen LogP contribution in [0.5, 0.6) is 5.75 Å². The van der Waals surface area contributed by atoms with Crippen LogP contribution < -0.4 is 20.7 Å². The second-order valence-electron chi connectivity index (χ2n) is 11.7. The highest BCUT2D eigenvalue weighted by Crippen LogP contribution is 2.28. The molecular formula is C30H51N5O6. The summed E-state index contributed by atoms with van der Waals surface area (Å²) in [6.45, 7) is 14.2. The van der Waals surface area contributed by atoms with Crippen molar-refractivity contribution < 1.29 is 29.0 Å². The van der Waals surface area contributed by atoms with E-state index in [1.807, 2.05) is 41.5 Å². The Morgan fingerprint density at radius 1 is 1.10 bits per heavy atom. The molecule has 0 saturated heterocycles. The molecule has 0 bridgehead atoms. The van der Waals surface area contributed by atoms with Crippen molar-refractivity contribution in [3.63, 3.8) is 0 Å². The quantitative estimate of drug-likeness (QED) is 0.386. The van der Waals surface area contributed by atoms with Gasteiger partial charge in [-0.05, 0) is 79.0 Å². The van der Waals surface area contributed by atoms with Crippen LogP contribution in [0.4, 0.5) is 15.3 Å². The maximum atomic E-state index is 14.1. The van der Waals surface area contributed by atoms with Gasteiger partial charge in [0.2, 0.25) is 0 Å². The van der Waals surface area contributed by atoms with E-state index in [0.717, 1.165) is 19.3 Å². The molecule has 232 valence electrons. The second kappa shape index (κ2) is 16.4. The lowest BCUT2D eigenvalue weighted by molar-refractivity contribution is -0.0122. The second-order valence-corrected chi connectivity index (χ2v) is 11.7. The molecule has 0 spiro atoms. The van der Waals surface area contributed by atoms with Gasteiger partial charge < -0.3 is 40.3 Å². The summed E-state index contributed by atoms with van der Waals surface area (Å²) < 4.78 is 12.5. The summed E-state index contributed by atoms with van der Waals surface area (Å²) in [5.41, 5.74) is 0.755. The monoisotopic (exact) mass is 577 g/mol. The van der Waals surface area contributed by atoms with Gasteiger partial charge in [0, 0.05) is 50.4 Å². The fourth-order valence-corrected chi connectivity index (χ4v) is 4.60. The number of hydrogen-bond donors (Lipinski definition) is 4. The topological polar surface area (TPSA) is 132 Å². The van der Waals surface area contributed by atoms with Crippen LogP contribution >= 0.6 is 0 Å². The van der Waals surface area contributed by atoms with E-state index < -0.39 is 6.04 Å². The zero-order chi connectivity index (χ0) is 30.7. The predicted molar refractivity (Wildman–Crippen MR) is 160 cm³/mol. The first-order valence-corrected chi connectivity index (χ1v) is 14.8. The minimum absolute atomic E-state index is 0.00547. The Morgan fingerprint density at radius 2 is 1.78 bits per heavy atom. The largest absolute Gasteiger partial charge is 0.490 e. The molecule has 0 aromatic heterocycles. The summed E-state index contributed by atoms with van der Waals surface area (Å²) in [7, 11) is 1.73. The van der Waals surface area contributed by atoms with Crippen molar-refractivity contribution >= 4 is 23.7 Å². The Labute approximate surface area is 245 Å². The van der Waals surface area contributed by atoms with Gasteiger partial charge in [-0.25, -0.2) is 9.59 Å². The zero-order valence-corrected chi connectivity index (χ0v) is 26.0. The Kier molecular flexibility index (Phi) is 13.7. The molecule has 1 aromatic carbocycles. The minimum atomic E-state index is -0.494. The molecule has 2 rings (SSSR count). The number of carbonyl (C=O) groups excluding carboxylic acids is 3. The molecule has 1 aliphatic rings. The molecule has 1 aliphatic heterocycles. The van der Waals surface area contributed by atoms with E-state index >= 15 is 0 Å². The summed E-state index contributed by atoms with van der Waals surface area (Å²) in [6, 6.07) is 3.95. The molecular weight excluding hydrogens is 526 g/mol. The maximum absolute atomic E-state index is 14.1. The van der Waals surface area contributed by atoms with Crippen molar-refractivity contribution in [1.82, 2.24) is 20.4 Å². The summed E-state index contributed by atoms with van der Waals surface area (Å²) in [4.78, 5) is 42.3. The van der Waals surface area contributed by atoms with E-state index in [4.69, 9.17) is 9.47 Å². The SMILES string of the molecule is CC(C)NC(=O)Nc1ccc2c(c1)C(=O)N([C@H](C)CO)C[C@H](C)[C@H](CN(C)C(=O)NC(C)C)OCCCC[C@@H](C)O2. The number of rotatable bonds is 7. The zero-order valence-electron chi connectivity index (χ0n) is 26.0. The number of carbonyl (C=O) groups is 3. The van der Waals surface area contributed by atoms with Crippen molar-refractivity contribution in [3.8, 4) is 5.75 Å². The summed E-state index contributed by atoms with van der Waals surface area (Å²) in [5.74, 6) is -0.0584. The maximum Gasteiger partial charge on any atom is 0.319 e. The van der Waals surface area contributed by atoms with Gasteiger partial charge in [-0.3, -0.25) is 4.79 Å². The Balaban J connectivity index is 2.44. The molecule has 1 aromatic rings. The number of aliphatic hydroxyl groups excluding tert-OH is 1. The predicted octanol–water partition coefficient (Wildman–Crippen LogP) is 4.06. The van der Waals surface area contributed by atoms with Crippen LogP contribution in [-0.4, -0.2) is 96.6 Å². The number of ether oxygens (including phenoxy) is 2. The third-order valence-corrected chi connectivity index (χ3v) is 6.94. The van der Waals surface area contributed by atoms with Crippen molar-refractivity contribution in [2.45, 2.75) is 98.1 Å². The number of amides is 5. The molecule has 5 amide bonds. The van der Waals surface area contributed by atoms with E-state index in [1.54, 1.807) is 42.0 Å².